The molecule has 14 heteroatoms. The average Bonchev–Trinajstić information content (AvgIpc) is 2.88. The number of nitrogens with zero attached hydrogens (tertiary/aromatic N) is 4. The van der Waals surface area contributed by atoms with Crippen molar-refractivity contribution in [3.8, 4) is 6.07 Å². The van der Waals surface area contributed by atoms with Crippen molar-refractivity contribution in [2.24, 2.45) is 5.73 Å². The fourth-order valence-corrected chi connectivity index (χ4v) is 4.27. The van der Waals surface area contributed by atoms with Gasteiger partial charge in [-0.05, 0) is 43.8 Å². The molecule has 1 aromatic carbocycles. The zero-order valence-corrected chi connectivity index (χ0v) is 22.3. The monoisotopic (exact) mass is 555 g/mol. The number of carbonyl (C=O) groups is 1. The summed E-state index contributed by atoms with van der Waals surface area (Å²) in [7, 11) is 3.17. The molecule has 208 valence electrons. The van der Waals surface area contributed by atoms with Gasteiger partial charge in [0.2, 0.25) is 5.95 Å². The Hall–Kier alpha value is -2.96. The zero-order valence-electron chi connectivity index (χ0n) is 21.5. The highest BCUT2D eigenvalue weighted by molar-refractivity contribution is 7.98. The first-order valence-corrected chi connectivity index (χ1v) is 12.8. The number of nitrogens with one attached hydrogen (secondary N) is 1. The minimum absolute atomic E-state index is 0.00716. The largest absolute Gasteiger partial charge is 0.416 e. The van der Waals surface area contributed by atoms with E-state index in [-0.39, 0.29) is 34.3 Å². The summed E-state index contributed by atoms with van der Waals surface area (Å²) in [5.74, 6) is -1.02. The topological polar surface area (TPSA) is 152 Å². The molecule has 5 N–H and O–H groups in total. The molecule has 0 aliphatic carbocycles. The van der Waals surface area contributed by atoms with Gasteiger partial charge in [-0.1, -0.05) is 6.07 Å². The SMILES string of the molecule is COCCN(CCC[C@](N)(C(=O)Nc1cccc(C(F)(F)F)c1)c1nc(N)nc(SC)c1C#N)CCOC. The molecule has 0 unspecified atom stereocenters. The molecule has 0 radical (unpaired) electrons. The second-order valence-electron chi connectivity index (χ2n) is 8.36. The van der Waals surface area contributed by atoms with Gasteiger partial charge in [0.1, 0.15) is 22.2 Å². The first-order valence-electron chi connectivity index (χ1n) is 11.6. The lowest BCUT2D eigenvalue weighted by molar-refractivity contribution is -0.137. The number of benzene rings is 1. The smallest absolute Gasteiger partial charge is 0.383 e. The molecule has 0 aliphatic heterocycles. The third-order valence-corrected chi connectivity index (χ3v) is 6.42. The Morgan fingerprint density at radius 3 is 2.39 bits per heavy atom. The van der Waals surface area contributed by atoms with Crippen LogP contribution in [0.15, 0.2) is 29.3 Å². The minimum atomic E-state index is -4.60. The van der Waals surface area contributed by atoms with Crippen molar-refractivity contribution in [3.63, 3.8) is 0 Å². The molecule has 38 heavy (non-hydrogen) atoms. The average molecular weight is 556 g/mol. The van der Waals surface area contributed by atoms with Gasteiger partial charge in [0, 0.05) is 33.0 Å². The van der Waals surface area contributed by atoms with Gasteiger partial charge in [-0.25, -0.2) is 9.97 Å². The number of ether oxygens (including phenoxy) is 2. The van der Waals surface area contributed by atoms with Crippen LogP contribution in [0.5, 0.6) is 0 Å². The highest BCUT2D eigenvalue weighted by Crippen LogP contribution is 2.33. The number of hydrogen-bond donors (Lipinski definition) is 3. The molecule has 0 aliphatic rings. The fraction of sp³-hybridized carbons (Fsp3) is 0.500. The lowest BCUT2D eigenvalue weighted by Crippen LogP contribution is -2.50. The van der Waals surface area contributed by atoms with E-state index in [2.05, 4.69) is 20.2 Å². The van der Waals surface area contributed by atoms with Gasteiger partial charge in [0.15, 0.2) is 0 Å². The van der Waals surface area contributed by atoms with Crippen LogP contribution in [0.1, 0.15) is 29.7 Å². The zero-order chi connectivity index (χ0) is 28.3. The highest BCUT2D eigenvalue weighted by Gasteiger charge is 2.41. The summed E-state index contributed by atoms with van der Waals surface area (Å²) in [6, 6.07) is 6.19. The van der Waals surface area contributed by atoms with Gasteiger partial charge in [0.05, 0.1) is 24.5 Å². The number of nitrogens with two attached hydrogens (primary N) is 2. The molecule has 10 nitrogen and oxygen atoms in total. The molecule has 0 fully saturated rings. The summed E-state index contributed by atoms with van der Waals surface area (Å²) in [5, 5.41) is 12.6. The van der Waals surface area contributed by atoms with Crippen molar-refractivity contribution >= 4 is 29.3 Å². The van der Waals surface area contributed by atoms with Crippen molar-refractivity contribution in [1.82, 2.24) is 14.9 Å². The van der Waals surface area contributed by atoms with Crippen LogP contribution in [-0.4, -0.2) is 74.1 Å². The van der Waals surface area contributed by atoms with E-state index in [1.54, 1.807) is 20.5 Å². The first-order chi connectivity index (χ1) is 18.0. The number of nitrogen functional groups attached to an aromatic ring is 1. The Bertz CT molecular complexity index is 1120. The predicted molar refractivity (Wildman–Crippen MR) is 138 cm³/mol. The van der Waals surface area contributed by atoms with Crippen LogP contribution >= 0.6 is 11.8 Å². The number of thioether (sulfide) groups is 1. The van der Waals surface area contributed by atoms with Crippen molar-refractivity contribution < 1.29 is 27.4 Å². The Morgan fingerprint density at radius 2 is 1.84 bits per heavy atom. The van der Waals surface area contributed by atoms with E-state index in [0.717, 1.165) is 23.9 Å². The summed E-state index contributed by atoms with van der Waals surface area (Å²) in [6.45, 7) is 2.67. The van der Waals surface area contributed by atoms with Crippen LogP contribution < -0.4 is 16.8 Å². The van der Waals surface area contributed by atoms with E-state index in [9.17, 15) is 23.2 Å². The summed E-state index contributed by atoms with van der Waals surface area (Å²) < 4.78 is 50.0. The van der Waals surface area contributed by atoms with Gasteiger partial charge in [-0.2, -0.15) is 18.4 Å². The Labute approximate surface area is 223 Å². The number of methoxy groups -OCH3 is 2. The quantitative estimate of drug-likeness (QED) is 0.234. The molecule has 2 rings (SSSR count). The Balaban J connectivity index is 2.45. The number of aromatic nitrogens is 2. The van der Waals surface area contributed by atoms with Gasteiger partial charge < -0.3 is 26.3 Å². The number of anilines is 2. The molecule has 2 aromatic rings. The summed E-state index contributed by atoms with van der Waals surface area (Å²) in [4.78, 5) is 23.9. The predicted octanol–water partition coefficient (Wildman–Crippen LogP) is 2.84. The van der Waals surface area contributed by atoms with Crippen LogP contribution in [0.25, 0.3) is 0 Å². The summed E-state index contributed by atoms with van der Waals surface area (Å²) in [6.07, 6.45) is -2.54. The molecular weight excluding hydrogens is 523 g/mol. The minimum Gasteiger partial charge on any atom is -0.383 e. The van der Waals surface area contributed by atoms with Crippen LogP contribution in [-0.2, 0) is 26.0 Å². The fourth-order valence-electron chi connectivity index (χ4n) is 3.74. The molecule has 1 atom stereocenters. The second-order valence-corrected chi connectivity index (χ2v) is 9.16. The maximum absolute atomic E-state index is 13.6. The van der Waals surface area contributed by atoms with E-state index in [0.29, 0.717) is 39.3 Å². The third kappa shape index (κ3) is 8.27. The third-order valence-electron chi connectivity index (χ3n) is 5.74. The molecule has 1 amide bonds. The number of carbonyl (C=O) groups excluding carboxylic acids is 1. The first kappa shape index (κ1) is 31.3. The highest BCUT2D eigenvalue weighted by atomic mass is 32.2. The molecular formula is C24H32F3N7O3S. The van der Waals surface area contributed by atoms with Gasteiger partial charge in [-0.15, -0.1) is 11.8 Å². The van der Waals surface area contributed by atoms with Crippen molar-refractivity contribution in [3.05, 3.63) is 41.1 Å². The van der Waals surface area contributed by atoms with Gasteiger partial charge >= 0.3 is 6.18 Å². The van der Waals surface area contributed by atoms with E-state index in [4.69, 9.17) is 20.9 Å². The Morgan fingerprint density at radius 1 is 1.18 bits per heavy atom. The van der Waals surface area contributed by atoms with Crippen molar-refractivity contribution in [2.75, 3.05) is 64.4 Å². The number of amides is 1. The van der Waals surface area contributed by atoms with Crippen molar-refractivity contribution in [2.45, 2.75) is 29.6 Å². The molecule has 1 heterocycles. The van der Waals surface area contributed by atoms with Gasteiger partial charge in [-0.3, -0.25) is 9.69 Å². The van der Waals surface area contributed by atoms with Crippen LogP contribution in [0, 0.1) is 11.3 Å². The number of nitriles is 1. The second kappa shape index (κ2) is 14.3. The lowest BCUT2D eigenvalue weighted by Gasteiger charge is -2.30. The summed E-state index contributed by atoms with van der Waals surface area (Å²) >= 11 is 1.13. The lowest BCUT2D eigenvalue weighted by atomic mass is 9.86. The van der Waals surface area contributed by atoms with E-state index in [1.807, 2.05) is 6.07 Å². The molecule has 0 saturated heterocycles. The molecule has 0 bridgehead atoms. The maximum atomic E-state index is 13.6. The maximum Gasteiger partial charge on any atom is 0.416 e. The Kier molecular flexibility index (Phi) is 11.7. The summed E-state index contributed by atoms with van der Waals surface area (Å²) in [5.41, 5.74) is 9.49. The van der Waals surface area contributed by atoms with Crippen molar-refractivity contribution in [1.29, 1.82) is 5.26 Å². The number of halogens is 3. The van der Waals surface area contributed by atoms with E-state index >= 15 is 0 Å². The molecule has 0 spiro atoms. The molecule has 0 saturated carbocycles. The normalized spacial score (nSPS) is 13.2. The van der Waals surface area contributed by atoms with Crippen LogP contribution in [0.3, 0.4) is 0 Å². The number of hydrogen-bond acceptors (Lipinski definition) is 10. The number of rotatable bonds is 14. The standard InChI is InChI=1S/C24H32F3N7O3S/c1-36-12-10-34(11-13-37-2)9-5-8-23(30,19-18(15-28)20(38-3)33-22(29)32-19)21(35)31-17-7-4-6-16(14-17)24(25,26)27/h4,6-7,14H,5,8-13,30H2,1-3H3,(H,31,35)(H2,29,32,33)/t23-/m1/s1. The van der Waals surface area contributed by atoms with E-state index < -0.39 is 23.2 Å². The van der Waals surface area contributed by atoms with Gasteiger partial charge in [0.25, 0.3) is 5.91 Å². The van der Waals surface area contributed by atoms with Crippen LogP contribution in [0.4, 0.5) is 24.8 Å². The van der Waals surface area contributed by atoms with E-state index in [1.165, 1.54) is 12.1 Å². The molecule has 1 aromatic heterocycles. The van der Waals surface area contributed by atoms with Crippen LogP contribution in [0.2, 0.25) is 0 Å². The number of alkyl halides is 3.